The highest BCUT2D eigenvalue weighted by Gasteiger charge is 2.41. The van der Waals surface area contributed by atoms with E-state index in [1.165, 1.54) is 12.1 Å². The number of fused-ring (bicyclic) bond motifs is 2. The second kappa shape index (κ2) is 5.55. The van der Waals surface area contributed by atoms with Gasteiger partial charge in [-0.1, -0.05) is 23.4 Å². The number of imide groups is 1. The number of nitrogens with zero attached hydrogens (tertiary/aromatic N) is 5. The Labute approximate surface area is 144 Å². The predicted octanol–water partition coefficient (Wildman–Crippen LogP) is 0.953. The van der Waals surface area contributed by atoms with Crippen molar-refractivity contribution in [1.29, 1.82) is 0 Å². The smallest absolute Gasteiger partial charge is 0.268 e. The molecule has 1 aliphatic rings. The Hall–Kier alpha value is -3.95. The fourth-order valence-electron chi connectivity index (χ4n) is 2.85. The molecule has 0 N–H and O–H groups in total. The quantitative estimate of drug-likeness (QED) is 0.390. The highest BCUT2D eigenvalue weighted by molar-refractivity contribution is 6.23. The summed E-state index contributed by atoms with van der Waals surface area (Å²) in [5.74, 6) is -1.57. The van der Waals surface area contributed by atoms with Crippen LogP contribution in [-0.4, -0.2) is 36.6 Å². The summed E-state index contributed by atoms with van der Waals surface area (Å²) in [5.41, 5.74) is -0.969. The Balaban J connectivity index is 1.77. The Morgan fingerprint density at radius 3 is 2.54 bits per heavy atom. The van der Waals surface area contributed by atoms with Crippen molar-refractivity contribution >= 4 is 28.4 Å². The lowest BCUT2D eigenvalue weighted by Crippen LogP contribution is -2.37. The number of hydrogen-bond donors (Lipinski definition) is 0. The average Bonchev–Trinajstić information content (AvgIpc) is 2.89. The van der Waals surface area contributed by atoms with Crippen LogP contribution in [0.5, 0.6) is 0 Å². The standard InChI is InChI=1S/C16H9N5O5/c22-14-10-5-3-7-12(21(25)26)13(10)16(24)19(14)8-20-15(23)9-4-1-2-6-11(9)17-18-20/h1-7H,8H2. The zero-order valence-corrected chi connectivity index (χ0v) is 13.0. The normalized spacial score (nSPS) is 13.3. The van der Waals surface area contributed by atoms with Crippen LogP contribution in [0.15, 0.2) is 47.3 Å². The van der Waals surface area contributed by atoms with Gasteiger partial charge in [-0.15, -0.1) is 5.10 Å². The maximum atomic E-state index is 12.5. The predicted molar refractivity (Wildman–Crippen MR) is 87.4 cm³/mol. The lowest BCUT2D eigenvalue weighted by Gasteiger charge is -2.14. The summed E-state index contributed by atoms with van der Waals surface area (Å²) in [6.45, 7) is -0.486. The van der Waals surface area contributed by atoms with Crippen molar-refractivity contribution in [1.82, 2.24) is 19.9 Å². The van der Waals surface area contributed by atoms with Gasteiger partial charge >= 0.3 is 0 Å². The highest BCUT2D eigenvalue weighted by Crippen LogP contribution is 2.30. The summed E-state index contributed by atoms with van der Waals surface area (Å²) in [7, 11) is 0. The molecule has 2 aromatic carbocycles. The van der Waals surface area contributed by atoms with E-state index < -0.39 is 34.7 Å². The summed E-state index contributed by atoms with van der Waals surface area (Å²) in [5, 5.41) is 19.0. The number of carbonyl (C=O) groups excluding carboxylic acids is 2. The maximum Gasteiger partial charge on any atom is 0.282 e. The van der Waals surface area contributed by atoms with E-state index in [0.29, 0.717) is 5.52 Å². The molecule has 2 amide bonds. The third-order valence-corrected chi connectivity index (χ3v) is 4.08. The zero-order chi connectivity index (χ0) is 18.4. The third kappa shape index (κ3) is 2.16. The van der Waals surface area contributed by atoms with Crippen molar-refractivity contribution < 1.29 is 14.5 Å². The molecule has 0 radical (unpaired) electrons. The van der Waals surface area contributed by atoms with Crippen LogP contribution >= 0.6 is 0 Å². The van der Waals surface area contributed by atoms with Crippen LogP contribution in [-0.2, 0) is 6.67 Å². The van der Waals surface area contributed by atoms with Gasteiger partial charge < -0.3 is 0 Å². The van der Waals surface area contributed by atoms with Gasteiger partial charge in [-0.25, -0.2) is 0 Å². The van der Waals surface area contributed by atoms with Gasteiger partial charge in [0, 0.05) is 6.07 Å². The molecule has 0 unspecified atom stereocenters. The number of nitro benzene ring substituents is 1. The topological polar surface area (TPSA) is 128 Å². The average molecular weight is 351 g/mol. The minimum absolute atomic E-state index is 0.0778. The fraction of sp³-hybridized carbons (Fsp3) is 0.0625. The van der Waals surface area contributed by atoms with Crippen LogP contribution in [0.1, 0.15) is 20.7 Å². The van der Waals surface area contributed by atoms with Crippen molar-refractivity contribution in [2.24, 2.45) is 0 Å². The molecule has 0 spiro atoms. The highest BCUT2D eigenvalue weighted by atomic mass is 16.6. The zero-order valence-electron chi connectivity index (χ0n) is 13.0. The molecule has 0 atom stereocenters. The van der Waals surface area contributed by atoms with E-state index >= 15 is 0 Å². The van der Waals surface area contributed by atoms with Crippen LogP contribution in [0.3, 0.4) is 0 Å². The Kier molecular flexibility index (Phi) is 3.32. The molecule has 10 heteroatoms. The van der Waals surface area contributed by atoms with E-state index in [1.54, 1.807) is 24.3 Å². The molecule has 0 aliphatic carbocycles. The van der Waals surface area contributed by atoms with Crippen molar-refractivity contribution in [2.75, 3.05) is 0 Å². The first-order chi connectivity index (χ1) is 12.5. The molecular weight excluding hydrogens is 342 g/mol. The molecule has 10 nitrogen and oxygen atoms in total. The van der Waals surface area contributed by atoms with Crippen LogP contribution in [0.25, 0.3) is 10.9 Å². The molecule has 26 heavy (non-hydrogen) atoms. The van der Waals surface area contributed by atoms with Gasteiger partial charge in [0.05, 0.1) is 15.9 Å². The summed E-state index contributed by atoms with van der Waals surface area (Å²) in [4.78, 5) is 48.6. The summed E-state index contributed by atoms with van der Waals surface area (Å²) in [6.07, 6.45) is 0. The molecular formula is C16H9N5O5. The largest absolute Gasteiger partial charge is 0.282 e. The first-order valence-corrected chi connectivity index (χ1v) is 7.45. The van der Waals surface area contributed by atoms with Gasteiger partial charge in [0.1, 0.15) is 17.7 Å². The van der Waals surface area contributed by atoms with Crippen LogP contribution in [0.2, 0.25) is 0 Å². The van der Waals surface area contributed by atoms with Crippen molar-refractivity contribution in [2.45, 2.75) is 6.67 Å². The first-order valence-electron chi connectivity index (χ1n) is 7.45. The second-order valence-corrected chi connectivity index (χ2v) is 5.55. The monoisotopic (exact) mass is 351 g/mol. The fourth-order valence-corrected chi connectivity index (χ4v) is 2.85. The van der Waals surface area contributed by atoms with Crippen LogP contribution in [0.4, 0.5) is 5.69 Å². The molecule has 0 bridgehead atoms. The molecule has 2 heterocycles. The van der Waals surface area contributed by atoms with Crippen molar-refractivity contribution in [3.8, 4) is 0 Å². The summed E-state index contributed by atoms with van der Waals surface area (Å²) in [6, 6.07) is 10.3. The molecule has 4 rings (SSSR count). The minimum Gasteiger partial charge on any atom is -0.268 e. The lowest BCUT2D eigenvalue weighted by atomic mass is 10.1. The molecule has 1 aliphatic heterocycles. The van der Waals surface area contributed by atoms with Crippen LogP contribution in [0, 0.1) is 10.1 Å². The molecule has 3 aromatic rings. The Bertz CT molecular complexity index is 1170. The molecule has 128 valence electrons. The lowest BCUT2D eigenvalue weighted by molar-refractivity contribution is -0.385. The Morgan fingerprint density at radius 1 is 1.00 bits per heavy atom. The summed E-state index contributed by atoms with van der Waals surface area (Å²) >= 11 is 0. The third-order valence-electron chi connectivity index (χ3n) is 4.08. The molecule has 0 saturated heterocycles. The maximum absolute atomic E-state index is 12.5. The van der Waals surface area contributed by atoms with Gasteiger partial charge in [0.2, 0.25) is 0 Å². The van der Waals surface area contributed by atoms with Gasteiger partial charge in [0.15, 0.2) is 0 Å². The van der Waals surface area contributed by atoms with Gasteiger partial charge in [-0.3, -0.25) is 29.4 Å². The SMILES string of the molecule is O=C1c2cccc([N+](=O)[O-])c2C(=O)N1Cn1nnc2ccccc2c1=O. The van der Waals surface area contributed by atoms with E-state index in [1.807, 2.05) is 0 Å². The van der Waals surface area contributed by atoms with Crippen molar-refractivity contribution in [3.05, 3.63) is 74.1 Å². The van der Waals surface area contributed by atoms with Crippen molar-refractivity contribution in [3.63, 3.8) is 0 Å². The number of aromatic nitrogens is 3. The number of benzene rings is 2. The number of amides is 2. The van der Waals surface area contributed by atoms with E-state index in [2.05, 4.69) is 10.3 Å². The summed E-state index contributed by atoms with van der Waals surface area (Å²) < 4.78 is 0.871. The number of carbonyl (C=O) groups is 2. The minimum atomic E-state index is -0.848. The number of rotatable bonds is 3. The second-order valence-electron chi connectivity index (χ2n) is 5.55. The number of nitro groups is 1. The van der Waals surface area contributed by atoms with E-state index in [4.69, 9.17) is 0 Å². The van der Waals surface area contributed by atoms with Gasteiger partial charge in [-0.2, -0.15) is 4.68 Å². The van der Waals surface area contributed by atoms with Crippen LogP contribution < -0.4 is 5.56 Å². The number of hydrogen-bond acceptors (Lipinski definition) is 7. The molecule has 0 fully saturated rings. The van der Waals surface area contributed by atoms with Gasteiger partial charge in [0.25, 0.3) is 23.1 Å². The van der Waals surface area contributed by atoms with E-state index in [9.17, 15) is 24.5 Å². The molecule has 0 saturated carbocycles. The van der Waals surface area contributed by atoms with Gasteiger partial charge in [-0.05, 0) is 18.2 Å². The van der Waals surface area contributed by atoms with E-state index in [0.717, 1.165) is 15.6 Å². The molecule has 1 aromatic heterocycles. The Morgan fingerprint density at radius 2 is 1.77 bits per heavy atom. The van der Waals surface area contributed by atoms with E-state index in [-0.39, 0.29) is 16.5 Å². The first kappa shape index (κ1) is 15.6.